The summed E-state index contributed by atoms with van der Waals surface area (Å²) in [4.78, 5) is 10.0. The zero-order chi connectivity index (χ0) is 7.49. The van der Waals surface area contributed by atoms with Crippen LogP contribution in [0.2, 0.25) is 0 Å². The van der Waals surface area contributed by atoms with Crippen molar-refractivity contribution in [2.45, 2.75) is 4.46 Å². The van der Waals surface area contributed by atoms with Crippen LogP contribution in [0.1, 0.15) is 0 Å². The Hall–Kier alpha value is 0.630. The molecule has 0 fully saturated rings. The van der Waals surface area contributed by atoms with Gasteiger partial charge in [-0.1, -0.05) is 23.2 Å². The van der Waals surface area contributed by atoms with Crippen molar-refractivity contribution in [2.75, 3.05) is 5.88 Å². The minimum Gasteiger partial charge on any atom is -0.310 e. The second-order valence-corrected chi connectivity index (χ2v) is 3.33. The molecule has 0 aromatic heterocycles. The fraction of sp³-hybridized carbons (Fsp3) is 0.667. The minimum atomic E-state index is -1.46. The maximum Gasteiger partial charge on any atom is 0.316 e. The first-order valence-corrected chi connectivity index (χ1v) is 3.56. The van der Waals surface area contributed by atoms with Crippen molar-refractivity contribution in [3.63, 3.8) is 0 Å². The molecular formula is C3H3Cl4NO. The first-order valence-electron chi connectivity index (χ1n) is 1.89. The van der Waals surface area contributed by atoms with E-state index < -0.39 is 9.82 Å². The topological polar surface area (TPSA) is 29.1 Å². The van der Waals surface area contributed by atoms with Crippen molar-refractivity contribution in [1.29, 1.82) is 0 Å². The van der Waals surface area contributed by atoms with Crippen molar-refractivity contribution in [3.8, 4) is 0 Å². The highest BCUT2D eigenvalue weighted by atomic mass is 35.5. The highest BCUT2D eigenvalue weighted by Gasteiger charge is 2.23. The van der Waals surface area contributed by atoms with E-state index in [9.17, 15) is 4.79 Å². The molecule has 0 saturated heterocycles. The first-order chi connectivity index (χ1) is 3.98. The second kappa shape index (κ2) is 3.71. The van der Waals surface area contributed by atoms with Gasteiger partial charge in [0.15, 0.2) is 0 Å². The number of carbonyl (C=O) groups excluding carboxylic acids is 1. The van der Waals surface area contributed by atoms with Crippen LogP contribution in [0.4, 0.5) is 4.79 Å². The fourth-order valence-electron chi connectivity index (χ4n) is 0.177. The lowest BCUT2D eigenvalue weighted by molar-refractivity contribution is 0.258. The monoisotopic (exact) mass is 209 g/mol. The number of carbonyl (C=O) groups is 1. The van der Waals surface area contributed by atoms with Gasteiger partial charge in [-0.05, 0) is 11.6 Å². The normalized spacial score (nSPS) is 11.1. The van der Waals surface area contributed by atoms with Crippen molar-refractivity contribution in [1.82, 2.24) is 5.32 Å². The average Bonchev–Trinajstić information content (AvgIpc) is 1.63. The Balaban J connectivity index is 3.71. The van der Waals surface area contributed by atoms with E-state index in [1.165, 1.54) is 0 Å². The van der Waals surface area contributed by atoms with Crippen molar-refractivity contribution < 1.29 is 4.79 Å². The summed E-state index contributed by atoms with van der Waals surface area (Å²) in [5, 5.41) is 1.16. The van der Waals surface area contributed by atoms with Crippen LogP contribution in [0.15, 0.2) is 0 Å². The molecule has 54 valence electrons. The van der Waals surface area contributed by atoms with Gasteiger partial charge in [-0.3, -0.25) is 4.79 Å². The number of halogens is 4. The standard InChI is InChI=1S/C3H3Cl4NO/c4-1-3(6,7)8-2(5)9/h1H2,(H,8,9). The predicted molar refractivity (Wildman–Crippen MR) is 39.5 cm³/mol. The van der Waals surface area contributed by atoms with Crippen LogP contribution in [0, 0.1) is 0 Å². The van der Waals surface area contributed by atoms with E-state index >= 15 is 0 Å². The molecule has 2 nitrogen and oxygen atoms in total. The summed E-state index contributed by atoms with van der Waals surface area (Å²) >= 11 is 20.7. The summed E-state index contributed by atoms with van der Waals surface area (Å²) in [5.74, 6) is -0.116. The summed E-state index contributed by atoms with van der Waals surface area (Å²) in [6, 6.07) is 0. The van der Waals surface area contributed by atoms with E-state index in [1.807, 2.05) is 5.32 Å². The Labute approximate surface area is 72.4 Å². The number of hydrogen-bond acceptors (Lipinski definition) is 1. The number of hydrogen-bond donors (Lipinski definition) is 1. The lowest BCUT2D eigenvalue weighted by Gasteiger charge is -2.14. The quantitative estimate of drug-likeness (QED) is 0.423. The van der Waals surface area contributed by atoms with Crippen molar-refractivity contribution in [3.05, 3.63) is 0 Å². The number of nitrogens with one attached hydrogen (secondary N) is 1. The molecule has 0 spiro atoms. The molecule has 1 amide bonds. The van der Waals surface area contributed by atoms with Gasteiger partial charge in [-0.2, -0.15) is 0 Å². The van der Waals surface area contributed by atoms with Gasteiger partial charge in [0.2, 0.25) is 4.46 Å². The maximum absolute atomic E-state index is 10.0. The van der Waals surface area contributed by atoms with Crippen LogP contribution >= 0.6 is 46.4 Å². The third-order valence-electron chi connectivity index (χ3n) is 0.449. The Morgan fingerprint density at radius 1 is 1.56 bits per heavy atom. The largest absolute Gasteiger partial charge is 0.316 e. The van der Waals surface area contributed by atoms with Crippen LogP contribution in [0.5, 0.6) is 0 Å². The van der Waals surface area contributed by atoms with Gasteiger partial charge in [0.25, 0.3) is 0 Å². The highest BCUT2D eigenvalue weighted by molar-refractivity contribution is 6.65. The zero-order valence-corrected chi connectivity index (χ0v) is 7.15. The molecule has 0 aromatic rings. The SMILES string of the molecule is O=C(Cl)NC(Cl)(Cl)CCl. The summed E-state index contributed by atoms with van der Waals surface area (Å²) in [7, 11) is 0. The van der Waals surface area contributed by atoms with E-state index in [0.717, 1.165) is 0 Å². The minimum absolute atomic E-state index is 0.116. The average molecular weight is 211 g/mol. The van der Waals surface area contributed by atoms with E-state index in [2.05, 4.69) is 0 Å². The van der Waals surface area contributed by atoms with Gasteiger partial charge < -0.3 is 5.32 Å². The molecule has 0 aliphatic carbocycles. The molecule has 9 heavy (non-hydrogen) atoms. The summed E-state index contributed by atoms with van der Waals surface area (Å²) < 4.78 is -1.46. The maximum atomic E-state index is 10.0. The van der Waals surface area contributed by atoms with Gasteiger partial charge in [0.05, 0.1) is 5.88 Å². The summed E-state index contributed by atoms with van der Waals surface area (Å²) in [6.45, 7) is 0. The zero-order valence-electron chi connectivity index (χ0n) is 4.13. The van der Waals surface area contributed by atoms with Crippen LogP contribution in [0.3, 0.4) is 0 Å². The molecule has 0 rings (SSSR count). The van der Waals surface area contributed by atoms with Gasteiger partial charge in [0, 0.05) is 0 Å². The van der Waals surface area contributed by atoms with Crippen molar-refractivity contribution >= 4 is 51.8 Å². The third kappa shape index (κ3) is 5.09. The molecular weight excluding hydrogens is 208 g/mol. The fourth-order valence-corrected chi connectivity index (χ4v) is 0.674. The van der Waals surface area contributed by atoms with E-state index in [-0.39, 0.29) is 5.88 Å². The molecule has 6 heteroatoms. The lowest BCUT2D eigenvalue weighted by Crippen LogP contribution is -2.37. The van der Waals surface area contributed by atoms with Crippen LogP contribution in [-0.2, 0) is 0 Å². The third-order valence-corrected chi connectivity index (χ3v) is 1.67. The molecule has 0 unspecified atom stereocenters. The van der Waals surface area contributed by atoms with Gasteiger partial charge in [0.1, 0.15) is 0 Å². The van der Waals surface area contributed by atoms with Crippen LogP contribution in [0.25, 0.3) is 0 Å². The Morgan fingerprint density at radius 2 is 2.00 bits per heavy atom. The summed E-state index contributed by atoms with van der Waals surface area (Å²) in [6.07, 6.45) is 0. The number of rotatable bonds is 2. The van der Waals surface area contributed by atoms with Crippen molar-refractivity contribution in [2.24, 2.45) is 0 Å². The molecule has 0 heterocycles. The van der Waals surface area contributed by atoms with Crippen LogP contribution in [-0.4, -0.2) is 15.7 Å². The molecule has 0 aliphatic heterocycles. The molecule has 0 radical (unpaired) electrons. The molecule has 0 aromatic carbocycles. The van der Waals surface area contributed by atoms with E-state index in [1.54, 1.807) is 0 Å². The molecule has 0 aliphatic rings. The van der Waals surface area contributed by atoms with Crippen LogP contribution < -0.4 is 5.32 Å². The number of alkyl halides is 3. The van der Waals surface area contributed by atoms with Gasteiger partial charge >= 0.3 is 5.37 Å². The number of amides is 1. The van der Waals surface area contributed by atoms with E-state index in [4.69, 9.17) is 46.4 Å². The lowest BCUT2D eigenvalue weighted by atomic mass is 10.7. The second-order valence-electron chi connectivity index (χ2n) is 1.24. The van der Waals surface area contributed by atoms with E-state index in [0.29, 0.717) is 0 Å². The molecule has 0 bridgehead atoms. The Bertz CT molecular complexity index is 114. The molecule has 0 atom stereocenters. The Kier molecular flexibility index (Phi) is 3.97. The van der Waals surface area contributed by atoms with Gasteiger partial charge in [-0.15, -0.1) is 11.6 Å². The summed E-state index contributed by atoms with van der Waals surface area (Å²) in [5.41, 5.74) is 0. The Morgan fingerprint density at radius 3 is 2.11 bits per heavy atom. The smallest absolute Gasteiger partial charge is 0.310 e. The first kappa shape index (κ1) is 9.63. The molecule has 0 saturated carbocycles. The van der Waals surface area contributed by atoms with Gasteiger partial charge in [-0.25, -0.2) is 0 Å². The highest BCUT2D eigenvalue weighted by Crippen LogP contribution is 2.18. The predicted octanol–water partition coefficient (Wildman–Crippen LogP) is 2.31. The molecule has 1 N–H and O–H groups in total.